The minimum Gasteiger partial charge on any atom is -0.478 e. The molecule has 2 fully saturated rings. The van der Waals surface area contributed by atoms with Crippen LogP contribution in [0.4, 0.5) is 10.5 Å². The van der Waals surface area contributed by atoms with Gasteiger partial charge in [0.1, 0.15) is 5.54 Å². The molecule has 2 unspecified atom stereocenters. The highest BCUT2D eigenvalue weighted by Crippen LogP contribution is 2.47. The van der Waals surface area contributed by atoms with Crippen molar-refractivity contribution in [1.82, 2.24) is 9.80 Å². The smallest absolute Gasteiger partial charge is 0.336 e. The van der Waals surface area contributed by atoms with Gasteiger partial charge in [0.15, 0.2) is 0 Å². The minimum absolute atomic E-state index is 0.214. The van der Waals surface area contributed by atoms with Gasteiger partial charge < -0.3 is 10.0 Å². The normalized spacial score (nSPS) is 21.7. The van der Waals surface area contributed by atoms with Gasteiger partial charge in [0.25, 0.3) is 5.91 Å². The van der Waals surface area contributed by atoms with E-state index in [1.165, 1.54) is 34.4 Å². The van der Waals surface area contributed by atoms with Gasteiger partial charge in [-0.2, -0.15) is 5.26 Å². The molecular weight excluding hydrogens is 535 g/mol. The van der Waals surface area contributed by atoms with E-state index in [9.17, 15) is 24.8 Å². The Morgan fingerprint density at radius 3 is 2.43 bits per heavy atom. The molecule has 1 aromatic heterocycles. The molecule has 0 aliphatic carbocycles. The highest BCUT2D eigenvalue weighted by molar-refractivity contribution is 7.10. The molecule has 2 atom stereocenters. The number of hydrogen-bond acceptors (Lipinski definition) is 6. The number of amides is 3. The Hall–Kier alpha value is -3.42. The summed E-state index contributed by atoms with van der Waals surface area (Å²) in [7, 11) is 1.61. The number of thiophene rings is 1. The van der Waals surface area contributed by atoms with E-state index in [0.717, 1.165) is 15.3 Å². The lowest BCUT2D eigenvalue weighted by Crippen LogP contribution is -2.53. The van der Waals surface area contributed by atoms with Gasteiger partial charge >= 0.3 is 12.0 Å². The summed E-state index contributed by atoms with van der Waals surface area (Å²) < 4.78 is 0. The Labute approximate surface area is 226 Å². The second-order valence-corrected chi connectivity index (χ2v) is 11.0. The highest BCUT2D eigenvalue weighted by Gasteiger charge is 2.64. The third-order valence-electron chi connectivity index (χ3n) is 6.96. The zero-order chi connectivity index (χ0) is 26.5. The van der Waals surface area contributed by atoms with Gasteiger partial charge in [0, 0.05) is 52.9 Å². The zero-order valence-corrected chi connectivity index (χ0v) is 21.8. The number of likely N-dealkylation sites (N-methyl/N-ethyl adjacent to an activating group) is 1. The van der Waals surface area contributed by atoms with Crippen molar-refractivity contribution >= 4 is 58.1 Å². The molecule has 5 rings (SSSR count). The quantitative estimate of drug-likeness (QED) is 0.442. The number of aromatic carboxylic acids is 1. The van der Waals surface area contributed by atoms with Gasteiger partial charge in [-0.3, -0.25) is 9.69 Å². The van der Waals surface area contributed by atoms with E-state index in [1.54, 1.807) is 30.6 Å². The predicted octanol–water partition coefficient (Wildman–Crippen LogP) is 5.06. The molecule has 0 radical (unpaired) electrons. The summed E-state index contributed by atoms with van der Waals surface area (Å²) in [6, 6.07) is 14.8. The second-order valence-electron chi connectivity index (χ2n) is 9.10. The monoisotopic (exact) mass is 554 g/mol. The lowest BCUT2D eigenvalue weighted by molar-refractivity contribution is -0.124. The molecule has 0 bridgehead atoms. The molecule has 2 aliphatic heterocycles. The molecule has 3 amide bonds. The maximum atomic E-state index is 14.2. The fraction of sp³-hybridized carbons (Fsp3) is 0.231. The van der Waals surface area contributed by atoms with Crippen molar-refractivity contribution < 1.29 is 19.5 Å². The number of carboxylic acids is 1. The SMILES string of the molecule is CN1C(=O)N(c2cc(Cl)cc(Cl)c2)C(=O)C12CN(Cc1cc(C(=O)O)cs1)CC2c1ccc(C#N)cc1. The second kappa shape index (κ2) is 9.47. The number of benzene rings is 2. The van der Waals surface area contributed by atoms with Crippen molar-refractivity contribution in [1.29, 1.82) is 5.26 Å². The fourth-order valence-corrected chi connectivity index (χ4v) is 6.62. The number of nitrogens with zero attached hydrogens (tertiary/aromatic N) is 4. The van der Waals surface area contributed by atoms with E-state index in [2.05, 4.69) is 11.0 Å². The van der Waals surface area contributed by atoms with Crippen molar-refractivity contribution in [2.45, 2.75) is 18.0 Å². The summed E-state index contributed by atoms with van der Waals surface area (Å²) >= 11 is 13.7. The summed E-state index contributed by atoms with van der Waals surface area (Å²) in [4.78, 5) is 44.6. The third-order valence-corrected chi connectivity index (χ3v) is 8.32. The Kier molecular flexibility index (Phi) is 6.46. The van der Waals surface area contributed by atoms with E-state index in [-0.39, 0.29) is 17.8 Å². The van der Waals surface area contributed by atoms with Crippen LogP contribution in [0.1, 0.15) is 32.3 Å². The van der Waals surface area contributed by atoms with Gasteiger partial charge in [-0.1, -0.05) is 35.3 Å². The molecule has 2 aliphatic rings. The molecular formula is C26H20Cl2N4O4S. The van der Waals surface area contributed by atoms with Crippen LogP contribution in [0.15, 0.2) is 53.9 Å². The maximum Gasteiger partial charge on any atom is 0.336 e. The van der Waals surface area contributed by atoms with E-state index in [0.29, 0.717) is 28.7 Å². The van der Waals surface area contributed by atoms with Crippen LogP contribution in [-0.2, 0) is 11.3 Å². The molecule has 3 aromatic rings. The average molecular weight is 555 g/mol. The largest absolute Gasteiger partial charge is 0.478 e. The van der Waals surface area contributed by atoms with Crippen LogP contribution in [-0.4, -0.2) is 58.5 Å². The standard InChI is InChI=1S/C26H20Cl2N4O4S/c1-30-25(36)32(20-8-18(27)7-19(28)9-20)24(35)26(30)14-31(11-21-6-17(13-37-21)23(33)34)12-22(26)16-4-2-15(10-29)3-5-16/h2-9,13,22H,11-12,14H2,1H3,(H,33,34). The topological polar surface area (TPSA) is 105 Å². The van der Waals surface area contributed by atoms with E-state index < -0.39 is 29.4 Å². The molecule has 2 saturated heterocycles. The van der Waals surface area contributed by atoms with E-state index in [4.69, 9.17) is 23.2 Å². The van der Waals surface area contributed by atoms with Crippen LogP contribution >= 0.6 is 34.5 Å². The third kappa shape index (κ3) is 4.26. The first-order chi connectivity index (χ1) is 17.6. The first-order valence-corrected chi connectivity index (χ1v) is 12.9. The van der Waals surface area contributed by atoms with Crippen LogP contribution in [0, 0.1) is 11.3 Å². The number of anilines is 1. The van der Waals surface area contributed by atoms with Crippen LogP contribution in [0.2, 0.25) is 10.0 Å². The average Bonchev–Trinajstić information content (AvgIpc) is 3.53. The number of likely N-dealkylation sites (tertiary alicyclic amines) is 1. The number of carbonyl (C=O) groups excluding carboxylic acids is 2. The van der Waals surface area contributed by atoms with Crippen LogP contribution < -0.4 is 4.90 Å². The molecule has 2 aromatic carbocycles. The maximum absolute atomic E-state index is 14.2. The number of imide groups is 1. The number of carboxylic acid groups (broad SMARTS) is 1. The minimum atomic E-state index is -1.23. The molecule has 11 heteroatoms. The molecule has 1 spiro atoms. The van der Waals surface area contributed by atoms with Crippen molar-refractivity contribution in [2.24, 2.45) is 0 Å². The van der Waals surface area contributed by atoms with Crippen molar-refractivity contribution in [2.75, 3.05) is 25.0 Å². The number of nitriles is 1. The van der Waals surface area contributed by atoms with Gasteiger partial charge in [-0.25, -0.2) is 14.5 Å². The summed E-state index contributed by atoms with van der Waals surface area (Å²) in [6.45, 7) is 1.11. The van der Waals surface area contributed by atoms with Gasteiger partial charge in [0.05, 0.1) is 22.9 Å². The fourth-order valence-electron chi connectivity index (χ4n) is 5.21. The molecule has 37 heavy (non-hydrogen) atoms. The molecule has 188 valence electrons. The molecule has 0 saturated carbocycles. The Morgan fingerprint density at radius 1 is 1.16 bits per heavy atom. The number of halogens is 2. The van der Waals surface area contributed by atoms with Gasteiger partial charge in [-0.15, -0.1) is 11.3 Å². The first-order valence-electron chi connectivity index (χ1n) is 11.3. The number of carbonyl (C=O) groups is 3. The van der Waals surface area contributed by atoms with Crippen LogP contribution in [0.5, 0.6) is 0 Å². The molecule has 8 nitrogen and oxygen atoms in total. The summed E-state index contributed by atoms with van der Waals surface area (Å²) in [6.07, 6.45) is 0. The van der Waals surface area contributed by atoms with Gasteiger partial charge in [0.2, 0.25) is 0 Å². The number of hydrogen-bond donors (Lipinski definition) is 1. The Balaban J connectivity index is 1.56. The summed E-state index contributed by atoms with van der Waals surface area (Å²) in [5.41, 5.74) is 0.582. The van der Waals surface area contributed by atoms with Gasteiger partial charge in [-0.05, 0) is 42.0 Å². The lowest BCUT2D eigenvalue weighted by Gasteiger charge is -2.34. The summed E-state index contributed by atoms with van der Waals surface area (Å²) in [5.74, 6) is -1.80. The van der Waals surface area contributed by atoms with Crippen LogP contribution in [0.3, 0.4) is 0 Å². The predicted molar refractivity (Wildman–Crippen MR) is 140 cm³/mol. The number of rotatable bonds is 5. The highest BCUT2D eigenvalue weighted by atomic mass is 35.5. The van der Waals surface area contributed by atoms with Crippen molar-refractivity contribution in [3.63, 3.8) is 0 Å². The first kappa shape index (κ1) is 25.2. The zero-order valence-electron chi connectivity index (χ0n) is 19.5. The van der Waals surface area contributed by atoms with E-state index in [1.807, 2.05) is 12.1 Å². The van der Waals surface area contributed by atoms with Crippen molar-refractivity contribution in [3.8, 4) is 6.07 Å². The number of urea groups is 1. The lowest BCUT2D eigenvalue weighted by atomic mass is 9.80. The van der Waals surface area contributed by atoms with Crippen LogP contribution in [0.25, 0.3) is 0 Å². The molecule has 1 N–H and O–H groups in total. The molecule has 3 heterocycles. The van der Waals surface area contributed by atoms with E-state index >= 15 is 0 Å². The van der Waals surface area contributed by atoms with Crippen molar-refractivity contribution in [3.05, 3.63) is 85.5 Å². The Bertz CT molecular complexity index is 1450. The summed E-state index contributed by atoms with van der Waals surface area (Å²) in [5, 5.41) is 20.7. The Morgan fingerprint density at radius 2 is 1.84 bits per heavy atom.